The Morgan fingerprint density at radius 1 is 1.47 bits per heavy atom. The molecular formula is C15H23N3O. The zero-order chi connectivity index (χ0) is 13.9. The van der Waals surface area contributed by atoms with Crippen LogP contribution in [0.15, 0.2) is 24.4 Å². The number of carbonyl (C=O) groups is 1. The molecule has 2 rings (SSSR count). The van der Waals surface area contributed by atoms with Gasteiger partial charge in [-0.25, -0.2) is 0 Å². The van der Waals surface area contributed by atoms with E-state index in [4.69, 9.17) is 0 Å². The van der Waals surface area contributed by atoms with Gasteiger partial charge in [-0.05, 0) is 52.4 Å². The van der Waals surface area contributed by atoms with Crippen molar-refractivity contribution in [2.24, 2.45) is 5.92 Å². The molecule has 0 saturated carbocycles. The maximum atomic E-state index is 12.4. The molecule has 0 radical (unpaired) electrons. The average molecular weight is 261 g/mol. The van der Waals surface area contributed by atoms with Gasteiger partial charge in [-0.2, -0.15) is 0 Å². The van der Waals surface area contributed by atoms with Gasteiger partial charge in [0.1, 0.15) is 0 Å². The van der Waals surface area contributed by atoms with Crippen molar-refractivity contribution in [3.8, 4) is 0 Å². The molecule has 1 atom stereocenters. The Bertz CT molecular complexity index is 430. The van der Waals surface area contributed by atoms with Crippen LogP contribution in [-0.2, 0) is 10.3 Å². The quantitative estimate of drug-likeness (QED) is 0.902. The van der Waals surface area contributed by atoms with Crippen molar-refractivity contribution in [1.29, 1.82) is 0 Å². The molecule has 2 heterocycles. The van der Waals surface area contributed by atoms with Gasteiger partial charge in [0.05, 0.1) is 17.2 Å². The second kappa shape index (κ2) is 5.70. The number of piperidine rings is 1. The maximum Gasteiger partial charge on any atom is 0.225 e. The highest BCUT2D eigenvalue weighted by Crippen LogP contribution is 2.20. The summed E-state index contributed by atoms with van der Waals surface area (Å²) >= 11 is 0. The molecular weight excluding hydrogens is 238 g/mol. The van der Waals surface area contributed by atoms with Crippen LogP contribution < -0.4 is 5.32 Å². The van der Waals surface area contributed by atoms with Gasteiger partial charge in [-0.15, -0.1) is 0 Å². The maximum absolute atomic E-state index is 12.4. The molecule has 1 amide bonds. The van der Waals surface area contributed by atoms with Crippen molar-refractivity contribution in [3.05, 3.63) is 30.1 Å². The predicted octanol–water partition coefficient (Wildman–Crippen LogP) is 1.77. The van der Waals surface area contributed by atoms with E-state index in [0.29, 0.717) is 0 Å². The number of rotatable bonds is 3. The van der Waals surface area contributed by atoms with E-state index in [2.05, 4.69) is 22.2 Å². The van der Waals surface area contributed by atoms with Crippen LogP contribution in [0, 0.1) is 5.92 Å². The van der Waals surface area contributed by atoms with E-state index in [1.807, 2.05) is 32.0 Å². The van der Waals surface area contributed by atoms with Gasteiger partial charge in [0.25, 0.3) is 0 Å². The number of amides is 1. The molecule has 0 aromatic carbocycles. The Morgan fingerprint density at radius 2 is 2.26 bits per heavy atom. The molecule has 1 aromatic heterocycles. The van der Waals surface area contributed by atoms with E-state index in [1.54, 1.807) is 6.20 Å². The zero-order valence-electron chi connectivity index (χ0n) is 12.0. The summed E-state index contributed by atoms with van der Waals surface area (Å²) in [6.07, 6.45) is 3.84. The molecule has 1 fully saturated rings. The second-order valence-corrected chi connectivity index (χ2v) is 5.93. The van der Waals surface area contributed by atoms with E-state index >= 15 is 0 Å². The standard InChI is InChI=1S/C15H23N3O/c1-15(2,13-8-4-5-9-16-13)17-14(19)12-7-6-10-18(3)11-12/h4-5,8-9,12H,6-7,10-11H2,1-3H3,(H,17,19)/t12-/m0/s1. The minimum absolute atomic E-state index is 0.0988. The van der Waals surface area contributed by atoms with Gasteiger partial charge < -0.3 is 10.2 Å². The monoisotopic (exact) mass is 261 g/mol. The lowest BCUT2D eigenvalue weighted by Gasteiger charge is -2.32. The third-order valence-electron chi connectivity index (χ3n) is 3.74. The fourth-order valence-corrected chi connectivity index (χ4v) is 2.59. The fraction of sp³-hybridized carbons (Fsp3) is 0.600. The minimum Gasteiger partial charge on any atom is -0.345 e. The molecule has 104 valence electrons. The fourth-order valence-electron chi connectivity index (χ4n) is 2.59. The number of carbonyl (C=O) groups excluding carboxylic acids is 1. The molecule has 19 heavy (non-hydrogen) atoms. The van der Waals surface area contributed by atoms with E-state index in [0.717, 1.165) is 31.6 Å². The normalized spacial score (nSPS) is 21.1. The largest absolute Gasteiger partial charge is 0.345 e. The van der Waals surface area contributed by atoms with E-state index < -0.39 is 5.54 Å². The molecule has 1 N–H and O–H groups in total. The summed E-state index contributed by atoms with van der Waals surface area (Å²) in [5, 5.41) is 3.13. The Labute approximate surface area is 115 Å². The van der Waals surface area contributed by atoms with Gasteiger partial charge in [0.2, 0.25) is 5.91 Å². The second-order valence-electron chi connectivity index (χ2n) is 5.93. The molecule has 1 aromatic rings. The number of aromatic nitrogens is 1. The third kappa shape index (κ3) is 3.53. The van der Waals surface area contributed by atoms with Crippen LogP contribution in [-0.4, -0.2) is 35.9 Å². The molecule has 4 heteroatoms. The summed E-state index contributed by atoms with van der Waals surface area (Å²) in [7, 11) is 2.07. The number of hydrogen-bond donors (Lipinski definition) is 1. The first kappa shape index (κ1) is 14.0. The molecule has 1 aliphatic rings. The van der Waals surface area contributed by atoms with Crippen LogP contribution in [0.3, 0.4) is 0 Å². The van der Waals surface area contributed by atoms with Crippen LogP contribution in [0.5, 0.6) is 0 Å². The summed E-state index contributed by atoms with van der Waals surface area (Å²) in [4.78, 5) is 18.9. The first-order chi connectivity index (χ1) is 8.99. The number of likely N-dealkylation sites (tertiary alicyclic amines) is 1. The highest BCUT2D eigenvalue weighted by Gasteiger charge is 2.30. The Balaban J connectivity index is 2.01. The van der Waals surface area contributed by atoms with Crippen molar-refractivity contribution >= 4 is 5.91 Å². The third-order valence-corrected chi connectivity index (χ3v) is 3.74. The predicted molar refractivity (Wildman–Crippen MR) is 75.6 cm³/mol. The van der Waals surface area contributed by atoms with Gasteiger partial charge in [0, 0.05) is 12.7 Å². The van der Waals surface area contributed by atoms with Gasteiger partial charge >= 0.3 is 0 Å². The smallest absolute Gasteiger partial charge is 0.225 e. The summed E-state index contributed by atoms with van der Waals surface area (Å²) in [6.45, 7) is 5.94. The zero-order valence-corrected chi connectivity index (χ0v) is 12.0. The number of pyridine rings is 1. The summed E-state index contributed by atoms with van der Waals surface area (Å²) in [6, 6.07) is 5.79. The van der Waals surface area contributed by atoms with Gasteiger partial charge in [-0.3, -0.25) is 9.78 Å². The lowest BCUT2D eigenvalue weighted by molar-refractivity contribution is -0.128. The van der Waals surface area contributed by atoms with Crippen LogP contribution >= 0.6 is 0 Å². The van der Waals surface area contributed by atoms with Crippen LogP contribution in [0.25, 0.3) is 0 Å². The van der Waals surface area contributed by atoms with Crippen molar-refractivity contribution in [2.45, 2.75) is 32.2 Å². The van der Waals surface area contributed by atoms with E-state index in [-0.39, 0.29) is 11.8 Å². The van der Waals surface area contributed by atoms with E-state index in [1.165, 1.54) is 0 Å². The van der Waals surface area contributed by atoms with Gasteiger partial charge in [0.15, 0.2) is 0 Å². The number of nitrogens with zero attached hydrogens (tertiary/aromatic N) is 2. The minimum atomic E-state index is -0.422. The SMILES string of the molecule is CN1CCC[C@H](C(=O)NC(C)(C)c2ccccn2)C1. The molecule has 1 saturated heterocycles. The van der Waals surface area contributed by atoms with Crippen molar-refractivity contribution in [3.63, 3.8) is 0 Å². The first-order valence-corrected chi connectivity index (χ1v) is 6.91. The summed E-state index contributed by atoms with van der Waals surface area (Å²) in [5.74, 6) is 0.240. The molecule has 4 nitrogen and oxygen atoms in total. The van der Waals surface area contributed by atoms with Crippen LogP contribution in [0.2, 0.25) is 0 Å². The Morgan fingerprint density at radius 3 is 2.89 bits per heavy atom. The highest BCUT2D eigenvalue weighted by atomic mass is 16.2. The molecule has 0 unspecified atom stereocenters. The first-order valence-electron chi connectivity index (χ1n) is 6.91. The Hall–Kier alpha value is -1.42. The van der Waals surface area contributed by atoms with Crippen LogP contribution in [0.4, 0.5) is 0 Å². The van der Waals surface area contributed by atoms with Crippen molar-refractivity contribution in [2.75, 3.05) is 20.1 Å². The van der Waals surface area contributed by atoms with Gasteiger partial charge in [-0.1, -0.05) is 6.07 Å². The molecule has 0 bridgehead atoms. The lowest BCUT2D eigenvalue weighted by atomic mass is 9.94. The number of nitrogens with one attached hydrogen (secondary N) is 1. The molecule has 1 aliphatic heterocycles. The average Bonchev–Trinajstić information content (AvgIpc) is 2.39. The molecule has 0 aliphatic carbocycles. The topological polar surface area (TPSA) is 45.2 Å². The Kier molecular flexibility index (Phi) is 4.20. The summed E-state index contributed by atoms with van der Waals surface area (Å²) < 4.78 is 0. The number of hydrogen-bond acceptors (Lipinski definition) is 3. The summed E-state index contributed by atoms with van der Waals surface area (Å²) in [5.41, 5.74) is 0.474. The lowest BCUT2D eigenvalue weighted by Crippen LogP contribution is -2.48. The van der Waals surface area contributed by atoms with Crippen molar-refractivity contribution in [1.82, 2.24) is 15.2 Å². The highest BCUT2D eigenvalue weighted by molar-refractivity contribution is 5.79. The van der Waals surface area contributed by atoms with E-state index in [9.17, 15) is 4.79 Å². The van der Waals surface area contributed by atoms with Crippen LogP contribution in [0.1, 0.15) is 32.4 Å². The molecule has 0 spiro atoms. The van der Waals surface area contributed by atoms with Crippen molar-refractivity contribution < 1.29 is 4.79 Å².